The Labute approximate surface area is 88.9 Å². The molecule has 1 fully saturated rings. The molecule has 0 aromatic heterocycles. The fourth-order valence-electron chi connectivity index (χ4n) is 2.97. The van der Waals surface area contributed by atoms with Gasteiger partial charge in [-0.2, -0.15) is 0 Å². The van der Waals surface area contributed by atoms with E-state index >= 15 is 0 Å². The minimum atomic E-state index is -0.0962. The zero-order valence-electron chi connectivity index (χ0n) is 10.4. The van der Waals surface area contributed by atoms with Crippen molar-refractivity contribution in [2.24, 2.45) is 23.2 Å². The van der Waals surface area contributed by atoms with Crippen LogP contribution in [0.3, 0.4) is 0 Å². The molecular formula is C13H26O. The van der Waals surface area contributed by atoms with E-state index in [1.807, 2.05) is 0 Å². The Kier molecular flexibility index (Phi) is 3.63. The fourth-order valence-corrected chi connectivity index (χ4v) is 2.97. The molecule has 0 heterocycles. The second kappa shape index (κ2) is 4.22. The van der Waals surface area contributed by atoms with E-state index in [9.17, 15) is 5.11 Å². The first-order valence-electron chi connectivity index (χ1n) is 6.01. The Hall–Kier alpha value is -0.0400. The van der Waals surface area contributed by atoms with E-state index in [0.29, 0.717) is 23.2 Å². The van der Waals surface area contributed by atoms with Crippen molar-refractivity contribution in [3.05, 3.63) is 0 Å². The minimum absolute atomic E-state index is 0.0962. The first kappa shape index (κ1) is 12.0. The van der Waals surface area contributed by atoms with E-state index in [4.69, 9.17) is 0 Å². The molecule has 1 saturated carbocycles. The zero-order valence-corrected chi connectivity index (χ0v) is 10.4. The predicted molar refractivity (Wildman–Crippen MR) is 61.1 cm³/mol. The highest BCUT2D eigenvalue weighted by molar-refractivity contribution is 4.86. The normalized spacial score (nSPS) is 34.5. The van der Waals surface area contributed by atoms with Gasteiger partial charge < -0.3 is 5.11 Å². The summed E-state index contributed by atoms with van der Waals surface area (Å²) in [6, 6.07) is 0. The van der Waals surface area contributed by atoms with Crippen LogP contribution in [-0.4, -0.2) is 11.2 Å². The smallest absolute Gasteiger partial charge is 0.0593 e. The van der Waals surface area contributed by atoms with Crippen LogP contribution in [-0.2, 0) is 0 Å². The molecule has 3 atom stereocenters. The quantitative estimate of drug-likeness (QED) is 0.720. The van der Waals surface area contributed by atoms with Crippen molar-refractivity contribution in [3.8, 4) is 0 Å². The van der Waals surface area contributed by atoms with E-state index in [2.05, 4.69) is 34.6 Å². The Morgan fingerprint density at radius 3 is 2.29 bits per heavy atom. The summed E-state index contributed by atoms with van der Waals surface area (Å²) < 4.78 is 0. The Bertz CT molecular complexity index is 184. The van der Waals surface area contributed by atoms with Gasteiger partial charge >= 0.3 is 0 Å². The van der Waals surface area contributed by atoms with Crippen molar-refractivity contribution >= 4 is 0 Å². The number of aliphatic hydroxyl groups is 1. The molecular weight excluding hydrogens is 172 g/mol. The summed E-state index contributed by atoms with van der Waals surface area (Å²) in [7, 11) is 0. The SMILES string of the molecule is CC(C)C(O)C1CCC(C)(C)CC1C. The van der Waals surface area contributed by atoms with Gasteiger partial charge in [-0.3, -0.25) is 0 Å². The largest absolute Gasteiger partial charge is 0.393 e. The number of hydrogen-bond acceptors (Lipinski definition) is 1. The highest BCUT2D eigenvalue weighted by Crippen LogP contribution is 2.43. The maximum atomic E-state index is 10.1. The van der Waals surface area contributed by atoms with Gasteiger partial charge in [-0.15, -0.1) is 0 Å². The third-order valence-corrected chi connectivity index (χ3v) is 3.88. The molecule has 84 valence electrons. The summed E-state index contributed by atoms with van der Waals surface area (Å²) in [5, 5.41) is 10.1. The van der Waals surface area contributed by atoms with Gasteiger partial charge in [0.05, 0.1) is 6.10 Å². The van der Waals surface area contributed by atoms with Crippen molar-refractivity contribution in [3.63, 3.8) is 0 Å². The van der Waals surface area contributed by atoms with Gasteiger partial charge in [-0.05, 0) is 42.4 Å². The summed E-state index contributed by atoms with van der Waals surface area (Å²) in [6.07, 6.45) is 3.64. The van der Waals surface area contributed by atoms with Crippen molar-refractivity contribution in [1.29, 1.82) is 0 Å². The van der Waals surface area contributed by atoms with Crippen LogP contribution in [0.1, 0.15) is 53.9 Å². The first-order chi connectivity index (χ1) is 6.33. The Balaban J connectivity index is 2.58. The zero-order chi connectivity index (χ0) is 10.9. The Morgan fingerprint density at radius 1 is 1.29 bits per heavy atom. The number of rotatable bonds is 2. The second-order valence-corrected chi connectivity index (χ2v) is 6.28. The summed E-state index contributed by atoms with van der Waals surface area (Å²) in [6.45, 7) is 11.2. The molecule has 1 nitrogen and oxygen atoms in total. The van der Waals surface area contributed by atoms with Crippen molar-refractivity contribution in [1.82, 2.24) is 0 Å². The lowest BCUT2D eigenvalue weighted by Crippen LogP contribution is -2.37. The monoisotopic (exact) mass is 198 g/mol. The maximum Gasteiger partial charge on any atom is 0.0593 e. The third-order valence-electron chi connectivity index (χ3n) is 3.88. The minimum Gasteiger partial charge on any atom is -0.393 e. The van der Waals surface area contributed by atoms with Crippen molar-refractivity contribution in [2.45, 2.75) is 60.0 Å². The first-order valence-corrected chi connectivity index (χ1v) is 6.01. The molecule has 3 unspecified atom stereocenters. The highest BCUT2D eigenvalue weighted by Gasteiger charge is 2.36. The number of aliphatic hydroxyl groups excluding tert-OH is 1. The van der Waals surface area contributed by atoms with E-state index in [-0.39, 0.29) is 6.10 Å². The molecule has 0 saturated heterocycles. The van der Waals surface area contributed by atoms with Gasteiger partial charge in [0.2, 0.25) is 0 Å². The summed E-state index contributed by atoms with van der Waals surface area (Å²) >= 11 is 0. The van der Waals surface area contributed by atoms with Crippen LogP contribution < -0.4 is 0 Å². The van der Waals surface area contributed by atoms with Crippen LogP contribution in [0, 0.1) is 23.2 Å². The summed E-state index contributed by atoms with van der Waals surface area (Å²) in [5.74, 6) is 1.61. The van der Waals surface area contributed by atoms with Gasteiger partial charge in [0.15, 0.2) is 0 Å². The standard InChI is InChI=1S/C13H26O/c1-9(2)12(14)11-6-7-13(4,5)8-10(11)3/h9-12,14H,6-8H2,1-5H3. The average molecular weight is 198 g/mol. The van der Waals surface area contributed by atoms with Gasteiger partial charge in [0.1, 0.15) is 0 Å². The van der Waals surface area contributed by atoms with Crippen LogP contribution in [0.2, 0.25) is 0 Å². The molecule has 1 N–H and O–H groups in total. The molecule has 0 aromatic carbocycles. The highest BCUT2D eigenvalue weighted by atomic mass is 16.3. The Morgan fingerprint density at radius 2 is 1.86 bits per heavy atom. The molecule has 0 aliphatic heterocycles. The third kappa shape index (κ3) is 2.73. The van der Waals surface area contributed by atoms with Crippen LogP contribution >= 0.6 is 0 Å². The molecule has 14 heavy (non-hydrogen) atoms. The maximum absolute atomic E-state index is 10.1. The molecule has 0 bridgehead atoms. The molecule has 1 rings (SSSR count). The fraction of sp³-hybridized carbons (Fsp3) is 1.00. The second-order valence-electron chi connectivity index (χ2n) is 6.28. The molecule has 1 heteroatoms. The van der Waals surface area contributed by atoms with Gasteiger partial charge in [0.25, 0.3) is 0 Å². The molecule has 1 aliphatic carbocycles. The lowest BCUT2D eigenvalue weighted by atomic mass is 9.65. The van der Waals surface area contributed by atoms with Crippen LogP contribution in [0.5, 0.6) is 0 Å². The van der Waals surface area contributed by atoms with Crippen LogP contribution in [0.15, 0.2) is 0 Å². The lowest BCUT2D eigenvalue weighted by molar-refractivity contribution is -0.00536. The number of hydrogen-bond donors (Lipinski definition) is 1. The van der Waals surface area contributed by atoms with E-state index in [1.165, 1.54) is 19.3 Å². The van der Waals surface area contributed by atoms with E-state index in [0.717, 1.165) is 0 Å². The van der Waals surface area contributed by atoms with Crippen molar-refractivity contribution < 1.29 is 5.11 Å². The molecule has 0 radical (unpaired) electrons. The molecule has 0 amide bonds. The van der Waals surface area contributed by atoms with Gasteiger partial charge in [-0.1, -0.05) is 34.6 Å². The van der Waals surface area contributed by atoms with E-state index in [1.54, 1.807) is 0 Å². The molecule has 1 aliphatic rings. The van der Waals surface area contributed by atoms with Gasteiger partial charge in [-0.25, -0.2) is 0 Å². The molecule has 0 aromatic rings. The van der Waals surface area contributed by atoms with Gasteiger partial charge in [0, 0.05) is 0 Å². The summed E-state index contributed by atoms with van der Waals surface area (Å²) in [4.78, 5) is 0. The van der Waals surface area contributed by atoms with E-state index < -0.39 is 0 Å². The molecule has 0 spiro atoms. The van der Waals surface area contributed by atoms with Crippen molar-refractivity contribution in [2.75, 3.05) is 0 Å². The average Bonchev–Trinajstić information content (AvgIpc) is 2.01. The van der Waals surface area contributed by atoms with Crippen LogP contribution in [0.25, 0.3) is 0 Å². The predicted octanol–water partition coefficient (Wildman–Crippen LogP) is 3.47. The summed E-state index contributed by atoms with van der Waals surface area (Å²) in [5.41, 5.74) is 0.493. The van der Waals surface area contributed by atoms with Crippen LogP contribution in [0.4, 0.5) is 0 Å². The topological polar surface area (TPSA) is 20.2 Å². The lowest BCUT2D eigenvalue weighted by Gasteiger charge is -2.42.